The molecule has 3 rings (SSSR count). The van der Waals surface area contributed by atoms with Gasteiger partial charge in [0.15, 0.2) is 0 Å². The Labute approximate surface area is 118 Å². The topological polar surface area (TPSA) is 4.93 Å². The van der Waals surface area contributed by atoms with Gasteiger partial charge >= 0.3 is 0 Å². The lowest BCUT2D eigenvalue weighted by Gasteiger charge is -2.06. The van der Waals surface area contributed by atoms with Crippen LogP contribution in [-0.4, -0.2) is 10.3 Å². The van der Waals surface area contributed by atoms with E-state index < -0.39 is 0 Å². The van der Waals surface area contributed by atoms with Crippen LogP contribution in [0.4, 0.5) is 0 Å². The zero-order valence-corrected chi connectivity index (χ0v) is 12.1. The Hall–Kier alpha value is -1.41. The number of para-hydroxylation sites is 2. The van der Waals surface area contributed by atoms with Crippen LogP contribution in [0.15, 0.2) is 48.5 Å². The van der Waals surface area contributed by atoms with Gasteiger partial charge in [-0.3, -0.25) is 0 Å². The van der Waals surface area contributed by atoms with Gasteiger partial charge in [0.05, 0.1) is 5.88 Å². The van der Waals surface area contributed by atoms with Crippen molar-refractivity contribution in [3.05, 3.63) is 48.5 Å². The van der Waals surface area contributed by atoms with Crippen molar-refractivity contribution in [2.24, 2.45) is 0 Å². The second-order valence-electron chi connectivity index (χ2n) is 4.85. The largest absolute Gasteiger partial charge is 0.331 e. The lowest BCUT2D eigenvalue weighted by atomic mass is 10.2. The van der Waals surface area contributed by atoms with Crippen molar-refractivity contribution in [1.82, 2.24) is 4.57 Å². The maximum Gasteiger partial charge on any atom is 0.0688 e. The quantitative estimate of drug-likeness (QED) is 0.570. The van der Waals surface area contributed by atoms with E-state index in [1.54, 1.807) is 0 Å². The van der Waals surface area contributed by atoms with Crippen LogP contribution in [0.25, 0.3) is 21.8 Å². The van der Waals surface area contributed by atoms with E-state index in [4.69, 9.17) is 0 Å². The number of hydrogen-bond acceptors (Lipinski definition) is 1. The van der Waals surface area contributed by atoms with Crippen LogP contribution in [0.2, 0.25) is 0 Å². The molecule has 0 fully saturated rings. The molecule has 0 radical (unpaired) electrons. The standard InChI is InChI=1S/C17H19NS/c1-2-3-12-19-13-18-16-10-6-4-8-14(16)15-9-5-7-11-17(15)18/h4-11H,2-3,12-13H2,1H3. The summed E-state index contributed by atoms with van der Waals surface area (Å²) in [6.45, 7) is 2.25. The van der Waals surface area contributed by atoms with E-state index in [1.165, 1.54) is 40.4 Å². The first kappa shape index (κ1) is 12.6. The van der Waals surface area contributed by atoms with Crippen LogP contribution in [0.1, 0.15) is 19.8 Å². The Bertz CT molecular complexity index is 631. The predicted molar refractivity (Wildman–Crippen MR) is 86.8 cm³/mol. The van der Waals surface area contributed by atoms with E-state index in [1.807, 2.05) is 11.8 Å². The number of rotatable bonds is 5. The van der Waals surface area contributed by atoms with Gasteiger partial charge in [-0.15, -0.1) is 11.8 Å². The van der Waals surface area contributed by atoms with E-state index >= 15 is 0 Å². The fourth-order valence-electron chi connectivity index (χ4n) is 2.54. The number of fused-ring (bicyclic) bond motifs is 3. The number of aromatic nitrogens is 1. The van der Waals surface area contributed by atoms with Gasteiger partial charge in [-0.25, -0.2) is 0 Å². The maximum absolute atomic E-state index is 2.45. The van der Waals surface area contributed by atoms with Crippen LogP contribution in [-0.2, 0) is 5.88 Å². The van der Waals surface area contributed by atoms with Gasteiger partial charge in [-0.05, 0) is 24.3 Å². The third-order valence-electron chi connectivity index (χ3n) is 3.54. The van der Waals surface area contributed by atoms with E-state index in [0.29, 0.717) is 0 Å². The minimum absolute atomic E-state index is 1.05. The molecule has 0 atom stereocenters. The molecule has 0 saturated carbocycles. The first-order chi connectivity index (χ1) is 9.42. The van der Waals surface area contributed by atoms with Crippen molar-refractivity contribution in [2.45, 2.75) is 25.6 Å². The summed E-state index contributed by atoms with van der Waals surface area (Å²) < 4.78 is 2.45. The van der Waals surface area contributed by atoms with Crippen molar-refractivity contribution < 1.29 is 0 Å². The monoisotopic (exact) mass is 269 g/mol. The minimum atomic E-state index is 1.05. The molecule has 0 spiro atoms. The molecule has 2 aromatic carbocycles. The molecule has 1 nitrogen and oxygen atoms in total. The Morgan fingerprint density at radius 3 is 2.05 bits per heavy atom. The lowest BCUT2D eigenvalue weighted by Crippen LogP contribution is -1.94. The highest BCUT2D eigenvalue weighted by Gasteiger charge is 2.08. The Morgan fingerprint density at radius 2 is 1.47 bits per heavy atom. The number of nitrogens with zero attached hydrogens (tertiary/aromatic N) is 1. The average Bonchev–Trinajstić information content (AvgIpc) is 2.78. The molecule has 3 aromatic rings. The molecule has 19 heavy (non-hydrogen) atoms. The van der Waals surface area contributed by atoms with Crippen molar-refractivity contribution >= 4 is 33.6 Å². The smallest absolute Gasteiger partial charge is 0.0688 e. The second-order valence-corrected chi connectivity index (χ2v) is 5.93. The van der Waals surface area contributed by atoms with E-state index in [-0.39, 0.29) is 0 Å². The van der Waals surface area contributed by atoms with Crippen molar-refractivity contribution in [2.75, 3.05) is 5.75 Å². The summed E-state index contributed by atoms with van der Waals surface area (Å²) in [5.74, 6) is 2.30. The molecule has 1 aromatic heterocycles. The highest BCUT2D eigenvalue weighted by Crippen LogP contribution is 2.30. The Morgan fingerprint density at radius 1 is 0.895 bits per heavy atom. The molecular weight excluding hydrogens is 250 g/mol. The van der Waals surface area contributed by atoms with Gasteiger partial charge in [-0.2, -0.15) is 0 Å². The summed E-state index contributed by atoms with van der Waals surface area (Å²) in [7, 11) is 0. The first-order valence-electron chi connectivity index (χ1n) is 6.95. The van der Waals surface area contributed by atoms with Crippen molar-refractivity contribution in [3.8, 4) is 0 Å². The van der Waals surface area contributed by atoms with Crippen LogP contribution in [0, 0.1) is 0 Å². The highest BCUT2D eigenvalue weighted by molar-refractivity contribution is 7.98. The van der Waals surface area contributed by atoms with Crippen LogP contribution < -0.4 is 0 Å². The second kappa shape index (κ2) is 5.70. The molecule has 0 aliphatic carbocycles. The van der Waals surface area contributed by atoms with Gasteiger partial charge < -0.3 is 4.57 Å². The molecule has 2 heteroatoms. The third-order valence-corrected chi connectivity index (χ3v) is 4.56. The van der Waals surface area contributed by atoms with Crippen molar-refractivity contribution in [1.29, 1.82) is 0 Å². The molecular formula is C17H19NS. The van der Waals surface area contributed by atoms with Gasteiger partial charge in [0, 0.05) is 21.8 Å². The van der Waals surface area contributed by atoms with Gasteiger partial charge in [0.2, 0.25) is 0 Å². The number of thioether (sulfide) groups is 1. The van der Waals surface area contributed by atoms with Crippen molar-refractivity contribution in [3.63, 3.8) is 0 Å². The van der Waals surface area contributed by atoms with Crippen LogP contribution in [0.5, 0.6) is 0 Å². The summed E-state index contributed by atoms with van der Waals surface area (Å²) in [6.07, 6.45) is 2.59. The van der Waals surface area contributed by atoms with E-state index in [0.717, 1.165) is 5.88 Å². The summed E-state index contributed by atoms with van der Waals surface area (Å²) in [5.41, 5.74) is 2.71. The molecule has 0 N–H and O–H groups in total. The minimum Gasteiger partial charge on any atom is -0.331 e. The molecule has 0 bridgehead atoms. The van der Waals surface area contributed by atoms with Crippen LogP contribution in [0.3, 0.4) is 0 Å². The Balaban J connectivity index is 2.04. The van der Waals surface area contributed by atoms with Gasteiger partial charge in [-0.1, -0.05) is 49.7 Å². The van der Waals surface area contributed by atoms with Gasteiger partial charge in [0.25, 0.3) is 0 Å². The molecule has 98 valence electrons. The molecule has 0 unspecified atom stereocenters. The van der Waals surface area contributed by atoms with Gasteiger partial charge in [0.1, 0.15) is 0 Å². The molecule has 0 aliphatic heterocycles. The summed E-state index contributed by atoms with van der Waals surface area (Å²) in [6, 6.07) is 17.4. The summed E-state index contributed by atoms with van der Waals surface area (Å²) >= 11 is 2.03. The maximum atomic E-state index is 2.45. The number of benzene rings is 2. The SMILES string of the molecule is CCCCSCn1c2ccccc2c2ccccc21. The van der Waals surface area contributed by atoms with E-state index in [9.17, 15) is 0 Å². The first-order valence-corrected chi connectivity index (χ1v) is 8.11. The molecule has 0 aliphatic rings. The highest BCUT2D eigenvalue weighted by atomic mass is 32.2. The predicted octanol–water partition coefficient (Wildman–Crippen LogP) is 5.29. The van der Waals surface area contributed by atoms with E-state index in [2.05, 4.69) is 60.0 Å². The van der Waals surface area contributed by atoms with Crippen LogP contribution >= 0.6 is 11.8 Å². The zero-order chi connectivity index (χ0) is 13.1. The Kier molecular flexibility index (Phi) is 3.79. The molecule has 0 amide bonds. The zero-order valence-electron chi connectivity index (χ0n) is 11.3. The molecule has 0 saturated heterocycles. The molecule has 1 heterocycles. The fraction of sp³-hybridized carbons (Fsp3) is 0.294. The number of unbranched alkanes of at least 4 members (excludes halogenated alkanes) is 1. The third kappa shape index (κ3) is 2.37. The lowest BCUT2D eigenvalue weighted by molar-refractivity contribution is 0.889. The number of hydrogen-bond donors (Lipinski definition) is 0. The summed E-state index contributed by atoms with van der Waals surface area (Å²) in [4.78, 5) is 0. The summed E-state index contributed by atoms with van der Waals surface area (Å²) in [5, 5.41) is 2.74. The normalized spacial score (nSPS) is 11.4. The fourth-order valence-corrected chi connectivity index (χ4v) is 3.63. The average molecular weight is 269 g/mol.